The van der Waals surface area contributed by atoms with Crippen LogP contribution >= 0.6 is 0 Å². The number of aromatic nitrogens is 3. The SMILES string of the molecule is COc1cc(CCOc2ccc(C)nc2OC)ncc1OCCc1ccc(N)nc1. The van der Waals surface area contributed by atoms with Gasteiger partial charge < -0.3 is 24.7 Å². The number of nitrogens with zero attached hydrogens (tertiary/aromatic N) is 3. The standard InChI is InChI=1S/C22H26N4O4/c1-15-4-6-18(22(26-15)28-3)29-11-9-17-12-19(27-2)20(14-24-17)30-10-8-16-5-7-21(23)25-13-16/h4-7,12-14H,8-11H2,1-3H3,(H2,23,25). The first-order valence-corrected chi connectivity index (χ1v) is 9.59. The van der Waals surface area contributed by atoms with Gasteiger partial charge in [0.15, 0.2) is 17.2 Å². The second kappa shape index (κ2) is 10.3. The van der Waals surface area contributed by atoms with E-state index in [9.17, 15) is 0 Å². The Morgan fingerprint density at radius 3 is 2.37 bits per heavy atom. The molecule has 0 saturated heterocycles. The van der Waals surface area contributed by atoms with Crippen LogP contribution in [0.3, 0.4) is 0 Å². The summed E-state index contributed by atoms with van der Waals surface area (Å²) in [6.45, 7) is 2.81. The number of anilines is 1. The second-order valence-electron chi connectivity index (χ2n) is 6.57. The van der Waals surface area contributed by atoms with Gasteiger partial charge in [0.25, 0.3) is 5.88 Å². The summed E-state index contributed by atoms with van der Waals surface area (Å²) in [5.41, 5.74) is 8.35. The zero-order chi connectivity index (χ0) is 21.3. The Bertz CT molecular complexity index is 964. The van der Waals surface area contributed by atoms with E-state index >= 15 is 0 Å². The van der Waals surface area contributed by atoms with Crippen molar-refractivity contribution in [3.05, 3.63) is 59.7 Å². The Hall–Kier alpha value is -3.55. The highest BCUT2D eigenvalue weighted by Gasteiger charge is 2.10. The quantitative estimate of drug-likeness (QED) is 0.544. The lowest BCUT2D eigenvalue weighted by molar-refractivity contribution is 0.287. The summed E-state index contributed by atoms with van der Waals surface area (Å²) < 4.78 is 22.3. The van der Waals surface area contributed by atoms with Crippen molar-refractivity contribution < 1.29 is 18.9 Å². The maximum absolute atomic E-state index is 5.83. The van der Waals surface area contributed by atoms with E-state index in [1.165, 1.54) is 0 Å². The van der Waals surface area contributed by atoms with Gasteiger partial charge in [-0.3, -0.25) is 4.98 Å². The first kappa shape index (κ1) is 21.2. The predicted octanol–water partition coefficient (Wildman–Crippen LogP) is 3.02. The molecule has 0 fully saturated rings. The lowest BCUT2D eigenvalue weighted by atomic mass is 10.2. The van der Waals surface area contributed by atoms with Crippen LogP contribution < -0.4 is 24.7 Å². The first-order chi connectivity index (χ1) is 14.6. The van der Waals surface area contributed by atoms with Crippen LogP contribution in [-0.4, -0.2) is 42.4 Å². The van der Waals surface area contributed by atoms with Gasteiger partial charge in [-0.15, -0.1) is 0 Å². The van der Waals surface area contributed by atoms with Crippen LogP contribution in [0.2, 0.25) is 0 Å². The molecule has 3 heterocycles. The Kier molecular flexibility index (Phi) is 7.26. The number of aryl methyl sites for hydroxylation is 1. The van der Waals surface area contributed by atoms with Crippen molar-refractivity contribution in [2.45, 2.75) is 19.8 Å². The summed E-state index contributed by atoms with van der Waals surface area (Å²) >= 11 is 0. The van der Waals surface area contributed by atoms with E-state index < -0.39 is 0 Å². The smallest absolute Gasteiger partial charge is 0.256 e. The molecule has 0 aliphatic carbocycles. The molecule has 0 aliphatic rings. The third-order valence-corrected chi connectivity index (χ3v) is 4.38. The zero-order valence-corrected chi connectivity index (χ0v) is 17.4. The Labute approximate surface area is 176 Å². The van der Waals surface area contributed by atoms with Crippen molar-refractivity contribution in [3.8, 4) is 23.1 Å². The summed E-state index contributed by atoms with van der Waals surface area (Å²) in [7, 11) is 3.18. The number of hydrogen-bond donors (Lipinski definition) is 1. The molecule has 3 aromatic rings. The monoisotopic (exact) mass is 410 g/mol. The molecule has 0 atom stereocenters. The van der Waals surface area contributed by atoms with Crippen LogP contribution in [-0.2, 0) is 12.8 Å². The number of nitrogens with two attached hydrogens (primary N) is 1. The number of hydrogen-bond acceptors (Lipinski definition) is 8. The van der Waals surface area contributed by atoms with Gasteiger partial charge in [0.1, 0.15) is 5.82 Å². The average Bonchev–Trinajstić information content (AvgIpc) is 2.76. The van der Waals surface area contributed by atoms with Crippen LogP contribution in [0.15, 0.2) is 42.7 Å². The molecule has 0 amide bonds. The van der Waals surface area contributed by atoms with Gasteiger partial charge in [0.2, 0.25) is 0 Å². The van der Waals surface area contributed by atoms with E-state index in [4.69, 9.17) is 24.7 Å². The van der Waals surface area contributed by atoms with E-state index in [2.05, 4.69) is 15.0 Å². The molecule has 8 heteroatoms. The van der Waals surface area contributed by atoms with Crippen molar-refractivity contribution in [2.24, 2.45) is 0 Å². The third-order valence-electron chi connectivity index (χ3n) is 4.38. The van der Waals surface area contributed by atoms with Crippen LogP contribution in [0.5, 0.6) is 23.1 Å². The number of methoxy groups -OCH3 is 2. The fraction of sp³-hybridized carbons (Fsp3) is 0.318. The molecule has 0 aliphatic heterocycles. The fourth-order valence-electron chi connectivity index (χ4n) is 2.77. The van der Waals surface area contributed by atoms with Gasteiger partial charge in [0, 0.05) is 36.5 Å². The molecule has 0 bridgehead atoms. The van der Waals surface area contributed by atoms with Crippen LogP contribution in [0.1, 0.15) is 17.0 Å². The van der Waals surface area contributed by atoms with Crippen LogP contribution in [0.4, 0.5) is 5.82 Å². The van der Waals surface area contributed by atoms with Crippen molar-refractivity contribution >= 4 is 5.82 Å². The minimum absolute atomic E-state index is 0.432. The van der Waals surface area contributed by atoms with Gasteiger partial charge in [0.05, 0.1) is 33.6 Å². The molecule has 0 spiro atoms. The van der Waals surface area contributed by atoms with E-state index in [0.29, 0.717) is 55.0 Å². The van der Waals surface area contributed by atoms with Crippen molar-refractivity contribution in [1.82, 2.24) is 15.0 Å². The minimum Gasteiger partial charge on any atom is -0.493 e. The first-order valence-electron chi connectivity index (χ1n) is 9.59. The largest absolute Gasteiger partial charge is 0.493 e. The van der Waals surface area contributed by atoms with E-state index in [1.807, 2.05) is 31.2 Å². The lowest BCUT2D eigenvalue weighted by Gasteiger charge is -2.13. The highest BCUT2D eigenvalue weighted by molar-refractivity contribution is 5.39. The molecule has 8 nitrogen and oxygen atoms in total. The summed E-state index contributed by atoms with van der Waals surface area (Å²) in [6, 6.07) is 9.29. The molecule has 0 unspecified atom stereocenters. The average molecular weight is 410 g/mol. The molecule has 0 radical (unpaired) electrons. The van der Waals surface area contributed by atoms with Gasteiger partial charge in [-0.05, 0) is 30.7 Å². The summed E-state index contributed by atoms with van der Waals surface area (Å²) in [6.07, 6.45) is 4.72. The lowest BCUT2D eigenvalue weighted by Crippen LogP contribution is -2.07. The molecule has 30 heavy (non-hydrogen) atoms. The Balaban J connectivity index is 1.54. The highest BCUT2D eigenvalue weighted by atomic mass is 16.5. The molecule has 0 aromatic carbocycles. The van der Waals surface area contributed by atoms with E-state index in [-0.39, 0.29) is 0 Å². The Morgan fingerprint density at radius 1 is 0.833 bits per heavy atom. The molecular weight excluding hydrogens is 384 g/mol. The van der Waals surface area contributed by atoms with Gasteiger partial charge >= 0.3 is 0 Å². The number of ether oxygens (including phenoxy) is 4. The van der Waals surface area contributed by atoms with Crippen molar-refractivity contribution in [1.29, 1.82) is 0 Å². The van der Waals surface area contributed by atoms with Crippen molar-refractivity contribution in [3.63, 3.8) is 0 Å². The van der Waals surface area contributed by atoms with Crippen LogP contribution in [0.25, 0.3) is 0 Å². The number of pyridine rings is 3. The molecule has 2 N–H and O–H groups in total. The number of rotatable bonds is 10. The molecule has 158 valence electrons. The highest BCUT2D eigenvalue weighted by Crippen LogP contribution is 2.28. The van der Waals surface area contributed by atoms with Gasteiger partial charge in [-0.1, -0.05) is 6.07 Å². The molecule has 3 aromatic heterocycles. The summed E-state index contributed by atoms with van der Waals surface area (Å²) in [4.78, 5) is 12.8. The predicted molar refractivity (Wildman–Crippen MR) is 113 cm³/mol. The maximum atomic E-state index is 5.83. The van der Waals surface area contributed by atoms with Gasteiger partial charge in [-0.2, -0.15) is 0 Å². The summed E-state index contributed by atoms with van der Waals surface area (Å²) in [5.74, 6) is 2.80. The third kappa shape index (κ3) is 5.73. The van der Waals surface area contributed by atoms with Gasteiger partial charge in [-0.25, -0.2) is 9.97 Å². The Morgan fingerprint density at radius 2 is 1.63 bits per heavy atom. The minimum atomic E-state index is 0.432. The zero-order valence-electron chi connectivity index (χ0n) is 17.4. The van der Waals surface area contributed by atoms with E-state index in [0.717, 1.165) is 17.0 Å². The summed E-state index contributed by atoms with van der Waals surface area (Å²) in [5, 5.41) is 0. The topological polar surface area (TPSA) is 102 Å². The molecule has 3 rings (SSSR count). The van der Waals surface area contributed by atoms with Crippen LogP contribution in [0, 0.1) is 6.92 Å². The molecule has 0 saturated carbocycles. The number of nitrogen functional groups attached to an aromatic ring is 1. The second-order valence-corrected chi connectivity index (χ2v) is 6.57. The maximum Gasteiger partial charge on any atom is 0.256 e. The molecular formula is C22H26N4O4. The van der Waals surface area contributed by atoms with E-state index in [1.54, 1.807) is 32.7 Å². The normalized spacial score (nSPS) is 10.5. The fourth-order valence-corrected chi connectivity index (χ4v) is 2.77. The van der Waals surface area contributed by atoms with Crippen molar-refractivity contribution in [2.75, 3.05) is 33.2 Å².